The molecule has 1 fully saturated rings. The molecule has 1 aromatic heterocycles. The van der Waals surface area contributed by atoms with E-state index >= 15 is 0 Å². The maximum absolute atomic E-state index is 12.4. The van der Waals surface area contributed by atoms with Gasteiger partial charge in [0.15, 0.2) is 5.43 Å². The second-order valence-corrected chi connectivity index (χ2v) is 7.71. The van der Waals surface area contributed by atoms with E-state index in [4.69, 9.17) is 9.15 Å². The number of ether oxygens (including phenoxy) is 1. The lowest BCUT2D eigenvalue weighted by Gasteiger charge is -2.24. The summed E-state index contributed by atoms with van der Waals surface area (Å²) in [7, 11) is 0. The summed E-state index contributed by atoms with van der Waals surface area (Å²) in [6.45, 7) is 0.708. The number of hydrogen-bond donors (Lipinski definition) is 2. The van der Waals surface area contributed by atoms with Gasteiger partial charge in [-0.05, 0) is 25.0 Å². The number of fused-ring (bicyclic) bond motifs is 1. The molecule has 5 nitrogen and oxygen atoms in total. The standard InChI is InChI=1S/C24H27NO4.ClH/c26-19(15-25-18-9-5-2-6-10-18)16-28-20-11-12-21-22(27)14-23(29-24(21)13-20)17-7-3-1-4-8-17;/h1,3-4,7-8,11-14,18-19,25-26H,2,5-6,9-10,15-16H2;1H. The van der Waals surface area contributed by atoms with Gasteiger partial charge in [0, 0.05) is 30.3 Å². The van der Waals surface area contributed by atoms with Crippen molar-refractivity contribution in [3.63, 3.8) is 0 Å². The van der Waals surface area contributed by atoms with Crippen LogP contribution in [0.1, 0.15) is 32.1 Å². The Labute approximate surface area is 182 Å². The van der Waals surface area contributed by atoms with Crippen LogP contribution in [0.15, 0.2) is 63.8 Å². The lowest BCUT2D eigenvalue weighted by Crippen LogP contribution is -2.38. The van der Waals surface area contributed by atoms with E-state index in [0.29, 0.717) is 35.1 Å². The summed E-state index contributed by atoms with van der Waals surface area (Å²) >= 11 is 0. The highest BCUT2D eigenvalue weighted by Gasteiger charge is 2.15. The molecule has 2 N–H and O–H groups in total. The Morgan fingerprint density at radius 3 is 2.60 bits per heavy atom. The van der Waals surface area contributed by atoms with Gasteiger partial charge in [0.2, 0.25) is 0 Å². The monoisotopic (exact) mass is 429 g/mol. The molecule has 0 amide bonds. The van der Waals surface area contributed by atoms with Crippen molar-refractivity contribution in [1.29, 1.82) is 0 Å². The number of halogens is 1. The molecule has 3 aromatic rings. The topological polar surface area (TPSA) is 71.7 Å². The summed E-state index contributed by atoms with van der Waals surface area (Å²) in [5.41, 5.74) is 1.24. The summed E-state index contributed by atoms with van der Waals surface area (Å²) in [4.78, 5) is 12.4. The molecule has 30 heavy (non-hydrogen) atoms. The Hall–Kier alpha value is -2.34. The number of rotatable bonds is 7. The summed E-state index contributed by atoms with van der Waals surface area (Å²) in [5.74, 6) is 1.10. The van der Waals surface area contributed by atoms with Gasteiger partial charge in [0.05, 0.1) is 5.39 Å². The summed E-state index contributed by atoms with van der Waals surface area (Å²) in [6, 6.07) is 16.7. The molecule has 0 spiro atoms. The molecule has 160 valence electrons. The van der Waals surface area contributed by atoms with Crippen molar-refractivity contribution in [3.8, 4) is 17.1 Å². The molecule has 1 atom stereocenters. The summed E-state index contributed by atoms with van der Waals surface area (Å²) in [5, 5.41) is 14.2. The van der Waals surface area contributed by atoms with Crippen molar-refractivity contribution in [2.75, 3.05) is 13.2 Å². The lowest BCUT2D eigenvalue weighted by atomic mass is 9.95. The van der Waals surface area contributed by atoms with Crippen LogP contribution in [-0.2, 0) is 0 Å². The highest BCUT2D eigenvalue weighted by molar-refractivity contribution is 5.85. The Bertz CT molecular complexity index is 999. The van der Waals surface area contributed by atoms with E-state index in [1.807, 2.05) is 30.3 Å². The second kappa shape index (κ2) is 10.6. The fourth-order valence-electron chi connectivity index (χ4n) is 3.83. The average molecular weight is 430 g/mol. The van der Waals surface area contributed by atoms with E-state index in [2.05, 4.69) is 5.32 Å². The van der Waals surface area contributed by atoms with E-state index in [9.17, 15) is 9.90 Å². The highest BCUT2D eigenvalue weighted by Crippen LogP contribution is 2.25. The minimum absolute atomic E-state index is 0. The zero-order chi connectivity index (χ0) is 20.1. The van der Waals surface area contributed by atoms with Gasteiger partial charge in [0.1, 0.15) is 29.8 Å². The highest BCUT2D eigenvalue weighted by atomic mass is 35.5. The summed E-state index contributed by atoms with van der Waals surface area (Å²) < 4.78 is 11.7. The third-order valence-corrected chi connectivity index (χ3v) is 5.45. The van der Waals surface area contributed by atoms with Gasteiger partial charge in [-0.25, -0.2) is 0 Å². The van der Waals surface area contributed by atoms with E-state index < -0.39 is 6.10 Å². The predicted octanol–water partition coefficient (Wildman–Crippen LogP) is 4.54. The van der Waals surface area contributed by atoms with Crippen LogP contribution in [0.2, 0.25) is 0 Å². The maximum atomic E-state index is 12.4. The van der Waals surface area contributed by atoms with Crippen LogP contribution in [0, 0.1) is 0 Å². The second-order valence-electron chi connectivity index (χ2n) is 7.71. The van der Waals surface area contributed by atoms with Crippen molar-refractivity contribution in [2.24, 2.45) is 0 Å². The van der Waals surface area contributed by atoms with Crippen molar-refractivity contribution >= 4 is 23.4 Å². The Morgan fingerprint density at radius 1 is 1.07 bits per heavy atom. The molecule has 0 saturated heterocycles. The van der Waals surface area contributed by atoms with Crippen LogP contribution in [-0.4, -0.2) is 30.4 Å². The van der Waals surface area contributed by atoms with Crippen LogP contribution in [0.5, 0.6) is 5.75 Å². The molecule has 0 bridgehead atoms. The first-order valence-electron chi connectivity index (χ1n) is 10.4. The maximum Gasteiger partial charge on any atom is 0.193 e. The molecule has 1 aliphatic rings. The normalized spacial score (nSPS) is 15.5. The van der Waals surface area contributed by atoms with Gasteiger partial charge >= 0.3 is 0 Å². The molecule has 6 heteroatoms. The van der Waals surface area contributed by atoms with Gasteiger partial charge in [-0.15, -0.1) is 12.4 Å². The van der Waals surface area contributed by atoms with Crippen LogP contribution >= 0.6 is 12.4 Å². The van der Waals surface area contributed by atoms with Crippen LogP contribution in [0.4, 0.5) is 0 Å². The molecule has 1 aliphatic carbocycles. The molecule has 1 saturated carbocycles. The minimum atomic E-state index is -0.588. The molecule has 2 aromatic carbocycles. The van der Waals surface area contributed by atoms with Gasteiger partial charge < -0.3 is 19.6 Å². The van der Waals surface area contributed by atoms with Crippen LogP contribution in [0.3, 0.4) is 0 Å². The quantitative estimate of drug-likeness (QED) is 0.576. The molecular weight excluding hydrogens is 402 g/mol. The van der Waals surface area contributed by atoms with Crippen molar-refractivity contribution in [2.45, 2.75) is 44.2 Å². The first kappa shape index (κ1) is 22.3. The molecule has 0 radical (unpaired) electrons. The third-order valence-electron chi connectivity index (χ3n) is 5.45. The number of benzene rings is 2. The fourth-order valence-corrected chi connectivity index (χ4v) is 3.83. The van der Waals surface area contributed by atoms with E-state index in [0.717, 1.165) is 5.56 Å². The van der Waals surface area contributed by atoms with E-state index in [-0.39, 0.29) is 24.4 Å². The SMILES string of the molecule is Cl.O=c1cc(-c2ccccc2)oc2cc(OCC(O)CNC3CCCCC3)ccc12. The van der Waals surface area contributed by atoms with Crippen molar-refractivity contribution in [3.05, 3.63) is 64.8 Å². The smallest absolute Gasteiger partial charge is 0.193 e. The molecule has 1 unspecified atom stereocenters. The van der Waals surface area contributed by atoms with Gasteiger partial charge in [-0.1, -0.05) is 49.6 Å². The Morgan fingerprint density at radius 2 is 1.83 bits per heavy atom. The van der Waals surface area contributed by atoms with E-state index in [1.54, 1.807) is 18.2 Å². The van der Waals surface area contributed by atoms with Gasteiger partial charge in [-0.2, -0.15) is 0 Å². The first-order valence-corrected chi connectivity index (χ1v) is 10.4. The Kier molecular flexibility index (Phi) is 7.91. The number of aliphatic hydroxyl groups is 1. The van der Waals surface area contributed by atoms with E-state index in [1.165, 1.54) is 38.2 Å². The minimum Gasteiger partial charge on any atom is -0.491 e. The predicted molar refractivity (Wildman–Crippen MR) is 122 cm³/mol. The molecule has 1 heterocycles. The fraction of sp³-hybridized carbons (Fsp3) is 0.375. The number of hydrogen-bond acceptors (Lipinski definition) is 5. The summed E-state index contributed by atoms with van der Waals surface area (Å²) in [6.07, 6.45) is 5.61. The average Bonchev–Trinajstić information content (AvgIpc) is 2.77. The third kappa shape index (κ3) is 5.63. The van der Waals surface area contributed by atoms with Crippen LogP contribution < -0.4 is 15.5 Å². The number of aliphatic hydroxyl groups excluding tert-OH is 1. The van der Waals surface area contributed by atoms with Crippen molar-refractivity contribution in [1.82, 2.24) is 5.32 Å². The molecule has 4 rings (SSSR count). The molecular formula is C24H28ClNO4. The first-order chi connectivity index (χ1) is 14.2. The zero-order valence-corrected chi connectivity index (χ0v) is 17.7. The number of nitrogens with one attached hydrogen (secondary N) is 1. The van der Waals surface area contributed by atoms with Gasteiger partial charge in [-0.3, -0.25) is 4.79 Å². The Balaban J connectivity index is 0.00000256. The van der Waals surface area contributed by atoms with Crippen LogP contribution in [0.25, 0.3) is 22.3 Å². The van der Waals surface area contributed by atoms with Crippen molar-refractivity contribution < 1.29 is 14.3 Å². The zero-order valence-electron chi connectivity index (χ0n) is 16.9. The largest absolute Gasteiger partial charge is 0.491 e. The van der Waals surface area contributed by atoms with Gasteiger partial charge in [0.25, 0.3) is 0 Å². The molecule has 0 aliphatic heterocycles. The lowest BCUT2D eigenvalue weighted by molar-refractivity contribution is 0.102.